The van der Waals surface area contributed by atoms with Crippen molar-refractivity contribution < 1.29 is 4.79 Å². The van der Waals surface area contributed by atoms with Crippen LogP contribution >= 0.6 is 0 Å². The number of likely N-dealkylation sites (N-methyl/N-ethyl adjacent to an activating group) is 1. The maximum absolute atomic E-state index is 12.6. The number of nitrogens with one attached hydrogen (secondary N) is 1. The van der Waals surface area contributed by atoms with Crippen LogP contribution in [0.5, 0.6) is 0 Å². The Morgan fingerprint density at radius 1 is 1.44 bits per heavy atom. The molecular weight excluding hydrogens is 226 g/mol. The molecule has 0 aromatic carbocycles. The van der Waals surface area contributed by atoms with Crippen LogP contribution in [-0.2, 0) is 4.79 Å². The molecule has 4 nitrogen and oxygen atoms in total. The highest BCUT2D eigenvalue weighted by molar-refractivity contribution is 5.86. The van der Waals surface area contributed by atoms with Crippen molar-refractivity contribution in [1.82, 2.24) is 15.1 Å². The average molecular weight is 253 g/mol. The fourth-order valence-corrected chi connectivity index (χ4v) is 3.39. The number of nitrogens with zero attached hydrogens (tertiary/aromatic N) is 2. The topological polar surface area (TPSA) is 35.6 Å². The minimum absolute atomic E-state index is 0.294. The number of carbonyl (C=O) groups is 1. The Labute approximate surface area is 111 Å². The molecule has 104 valence electrons. The van der Waals surface area contributed by atoms with Crippen molar-refractivity contribution in [2.45, 2.75) is 51.6 Å². The molecule has 2 atom stereocenters. The van der Waals surface area contributed by atoms with E-state index in [1.807, 2.05) is 0 Å². The molecule has 2 aliphatic rings. The first-order valence-electron chi connectivity index (χ1n) is 7.39. The van der Waals surface area contributed by atoms with Crippen molar-refractivity contribution in [3.63, 3.8) is 0 Å². The number of likely N-dealkylation sites (tertiary alicyclic amines) is 1. The Morgan fingerprint density at radius 2 is 2.17 bits per heavy atom. The smallest absolute Gasteiger partial charge is 0.242 e. The van der Waals surface area contributed by atoms with E-state index in [1.54, 1.807) is 0 Å². The average Bonchev–Trinajstić information content (AvgIpc) is 3.00. The number of amides is 1. The zero-order valence-corrected chi connectivity index (χ0v) is 12.0. The summed E-state index contributed by atoms with van der Waals surface area (Å²) in [5.74, 6) is 0.314. The highest BCUT2D eigenvalue weighted by Crippen LogP contribution is 2.24. The highest BCUT2D eigenvalue weighted by atomic mass is 16.2. The van der Waals surface area contributed by atoms with Crippen LogP contribution in [0.1, 0.15) is 40.0 Å². The van der Waals surface area contributed by atoms with Gasteiger partial charge in [0.25, 0.3) is 0 Å². The number of rotatable bonds is 4. The Hall–Kier alpha value is -0.610. The Balaban J connectivity index is 1.94. The molecule has 0 saturated carbocycles. The second kappa shape index (κ2) is 5.57. The Kier molecular flexibility index (Phi) is 4.28. The molecule has 2 saturated heterocycles. The third-order valence-corrected chi connectivity index (χ3v) is 4.62. The number of hydrogen-bond donors (Lipinski definition) is 1. The summed E-state index contributed by atoms with van der Waals surface area (Å²) in [5.41, 5.74) is -0.294. The maximum atomic E-state index is 12.6. The van der Waals surface area contributed by atoms with E-state index in [1.165, 1.54) is 0 Å². The van der Waals surface area contributed by atoms with Gasteiger partial charge in [-0.05, 0) is 45.8 Å². The molecule has 2 heterocycles. The van der Waals surface area contributed by atoms with E-state index >= 15 is 0 Å². The summed E-state index contributed by atoms with van der Waals surface area (Å²) < 4.78 is 0. The van der Waals surface area contributed by atoms with Gasteiger partial charge in [-0.1, -0.05) is 13.8 Å². The third kappa shape index (κ3) is 2.54. The van der Waals surface area contributed by atoms with E-state index in [9.17, 15) is 4.79 Å². The maximum Gasteiger partial charge on any atom is 0.242 e. The Bertz CT molecular complexity index is 295. The van der Waals surface area contributed by atoms with Crippen LogP contribution in [0.3, 0.4) is 0 Å². The van der Waals surface area contributed by atoms with Crippen molar-refractivity contribution in [2.24, 2.45) is 0 Å². The van der Waals surface area contributed by atoms with Gasteiger partial charge in [0.1, 0.15) is 0 Å². The van der Waals surface area contributed by atoms with Gasteiger partial charge in [0, 0.05) is 19.1 Å². The third-order valence-electron chi connectivity index (χ3n) is 4.62. The van der Waals surface area contributed by atoms with E-state index in [4.69, 9.17) is 0 Å². The molecule has 0 aromatic rings. The van der Waals surface area contributed by atoms with Gasteiger partial charge in [-0.3, -0.25) is 9.69 Å². The molecule has 0 bridgehead atoms. The van der Waals surface area contributed by atoms with Crippen LogP contribution in [-0.4, -0.2) is 60.0 Å². The molecule has 18 heavy (non-hydrogen) atoms. The fourth-order valence-electron chi connectivity index (χ4n) is 3.39. The normalized spacial score (nSPS) is 32.4. The largest absolute Gasteiger partial charge is 0.339 e. The van der Waals surface area contributed by atoms with E-state index in [2.05, 4.69) is 35.9 Å². The van der Waals surface area contributed by atoms with Crippen LogP contribution in [0.15, 0.2) is 0 Å². The molecule has 4 heteroatoms. The zero-order valence-electron chi connectivity index (χ0n) is 12.0. The van der Waals surface area contributed by atoms with Crippen molar-refractivity contribution in [2.75, 3.05) is 32.7 Å². The lowest BCUT2D eigenvalue weighted by Gasteiger charge is -2.30. The van der Waals surface area contributed by atoms with Crippen molar-refractivity contribution in [3.8, 4) is 0 Å². The second-order valence-electron chi connectivity index (χ2n) is 5.78. The molecule has 0 spiro atoms. The zero-order chi connectivity index (χ0) is 13.2. The summed E-state index contributed by atoms with van der Waals surface area (Å²) in [6.45, 7) is 11.5. The fraction of sp³-hybridized carbons (Fsp3) is 0.929. The Morgan fingerprint density at radius 3 is 2.72 bits per heavy atom. The summed E-state index contributed by atoms with van der Waals surface area (Å²) >= 11 is 0. The lowest BCUT2D eigenvalue weighted by atomic mass is 9.98. The molecular formula is C14H27N3O. The quantitative estimate of drug-likeness (QED) is 0.814. The molecule has 1 amide bonds. The summed E-state index contributed by atoms with van der Waals surface area (Å²) in [6.07, 6.45) is 3.23. The predicted octanol–water partition coefficient (Wildman–Crippen LogP) is 1.07. The number of hydrogen-bond acceptors (Lipinski definition) is 3. The lowest BCUT2D eigenvalue weighted by Crippen LogP contribution is -2.52. The molecule has 0 aromatic heterocycles. The van der Waals surface area contributed by atoms with E-state index in [0.29, 0.717) is 11.9 Å². The van der Waals surface area contributed by atoms with Gasteiger partial charge in [0.05, 0.1) is 5.54 Å². The van der Waals surface area contributed by atoms with E-state index < -0.39 is 0 Å². The van der Waals surface area contributed by atoms with Gasteiger partial charge in [-0.2, -0.15) is 0 Å². The monoisotopic (exact) mass is 253 g/mol. The number of carbonyl (C=O) groups excluding carboxylic acids is 1. The van der Waals surface area contributed by atoms with Gasteiger partial charge >= 0.3 is 0 Å². The minimum atomic E-state index is -0.294. The molecule has 2 fully saturated rings. The molecule has 2 unspecified atom stereocenters. The van der Waals surface area contributed by atoms with Gasteiger partial charge < -0.3 is 10.2 Å². The van der Waals surface area contributed by atoms with Crippen LogP contribution in [0.2, 0.25) is 0 Å². The van der Waals surface area contributed by atoms with Crippen LogP contribution in [0.25, 0.3) is 0 Å². The summed E-state index contributed by atoms with van der Waals surface area (Å²) in [4.78, 5) is 17.1. The van der Waals surface area contributed by atoms with Gasteiger partial charge in [0.2, 0.25) is 5.91 Å². The first kappa shape index (κ1) is 13.8. The highest BCUT2D eigenvalue weighted by Gasteiger charge is 2.41. The summed E-state index contributed by atoms with van der Waals surface area (Å²) in [5, 5.41) is 3.38. The van der Waals surface area contributed by atoms with Gasteiger partial charge in [-0.15, -0.1) is 0 Å². The lowest BCUT2D eigenvalue weighted by molar-refractivity contribution is -0.136. The van der Waals surface area contributed by atoms with E-state index in [-0.39, 0.29) is 5.54 Å². The van der Waals surface area contributed by atoms with Gasteiger partial charge in [0.15, 0.2) is 0 Å². The minimum Gasteiger partial charge on any atom is -0.339 e. The van der Waals surface area contributed by atoms with E-state index in [0.717, 1.165) is 52.0 Å². The molecule has 0 aliphatic carbocycles. The van der Waals surface area contributed by atoms with Crippen molar-refractivity contribution in [1.29, 1.82) is 0 Å². The second-order valence-corrected chi connectivity index (χ2v) is 5.78. The van der Waals surface area contributed by atoms with Crippen molar-refractivity contribution in [3.05, 3.63) is 0 Å². The molecule has 2 aliphatic heterocycles. The molecule has 1 N–H and O–H groups in total. The predicted molar refractivity (Wildman–Crippen MR) is 73.5 cm³/mol. The van der Waals surface area contributed by atoms with Gasteiger partial charge in [-0.25, -0.2) is 0 Å². The molecule has 2 rings (SSSR count). The van der Waals surface area contributed by atoms with Crippen molar-refractivity contribution >= 4 is 5.91 Å². The van der Waals surface area contributed by atoms with Crippen LogP contribution in [0, 0.1) is 0 Å². The SMILES string of the molecule is CCN(CC)C1CCN(C(=O)C2(C)CCCN2)C1. The van der Waals surface area contributed by atoms with Crippen LogP contribution < -0.4 is 5.32 Å². The standard InChI is InChI=1S/C14H27N3O/c1-4-16(5-2)12-7-10-17(11-12)13(18)14(3)8-6-9-15-14/h12,15H,4-11H2,1-3H3. The summed E-state index contributed by atoms with van der Waals surface area (Å²) in [6, 6.07) is 0.564. The first-order valence-corrected chi connectivity index (χ1v) is 7.39. The first-order chi connectivity index (χ1) is 8.60. The van der Waals surface area contributed by atoms with Crippen LogP contribution in [0.4, 0.5) is 0 Å². The summed E-state index contributed by atoms with van der Waals surface area (Å²) in [7, 11) is 0. The molecule has 0 radical (unpaired) electrons.